The van der Waals surface area contributed by atoms with Gasteiger partial charge in [-0.2, -0.15) is 0 Å². The Bertz CT molecular complexity index is 2770. The van der Waals surface area contributed by atoms with Gasteiger partial charge in [-0.3, -0.25) is 43.6 Å². The van der Waals surface area contributed by atoms with Crippen molar-refractivity contribution < 1.29 is 91.4 Å². The summed E-state index contributed by atoms with van der Waals surface area (Å²) < 4.78 is 26.3. The van der Waals surface area contributed by atoms with Crippen molar-refractivity contribution in [3.05, 3.63) is 70.8 Å². The number of methoxy groups -OCH3 is 1. The van der Waals surface area contributed by atoms with Crippen LogP contribution in [-0.2, 0) is 42.9 Å². The smallest absolute Gasteiger partial charge is 0.411 e. The minimum absolute atomic E-state index is 0.000155. The van der Waals surface area contributed by atoms with Crippen LogP contribution in [0.4, 0.5) is 19.2 Å². The number of esters is 1. The van der Waals surface area contributed by atoms with Gasteiger partial charge >= 0.3 is 42.3 Å². The molecule has 2 aromatic carbocycles. The van der Waals surface area contributed by atoms with Crippen LogP contribution in [0.3, 0.4) is 0 Å². The molecule has 4 saturated heterocycles. The Morgan fingerprint density at radius 1 is 0.388 bits per heavy atom. The topological polar surface area (TPSA) is 353 Å². The summed E-state index contributed by atoms with van der Waals surface area (Å²) in [4.78, 5) is 155. The highest BCUT2D eigenvalue weighted by molar-refractivity contribution is 5.99. The van der Waals surface area contributed by atoms with Gasteiger partial charge in [0.25, 0.3) is 23.6 Å². The predicted octanol–water partition coefficient (Wildman–Crippen LogP) is 4.74. The first kappa shape index (κ1) is 67.3. The molecule has 27 nitrogen and oxygen atoms in total. The molecular weight excluding hydrogens is 1110 g/mol. The Morgan fingerprint density at radius 2 is 0.600 bits per heavy atom. The van der Waals surface area contributed by atoms with Crippen molar-refractivity contribution in [2.75, 3.05) is 33.3 Å². The first-order valence-electron chi connectivity index (χ1n) is 27.7. The standard InChI is InChI=1S/C30H42N4O9.C28H38N4O10/c1-17(35)22-13-20(15-33(22)27(39)42-29(2,3)4)31-24(36)18-9-11-19(12-10-18)25(37)32-21-14-23(26(38)41-8)34(16-21)28(40)43-30(5,6)7;1-27(2,3)41-25(39)31-13-17(11-19(31)23(35)36)29-21(33)15-7-9-16(10-8-15)22(34)30-18-12-20(24(37)38)32(14-18)26(40)42-28(4,5)6/h9-12,20-23H,13-16H2,1-8H3,(H,31,36)(H,32,37);7-10,17-20H,11-14H2,1-6H3,(H,29,33)(H,30,34)(H,35,36)(H,37,38)/t20-,21-,22-,23-;17-,18-,19-,20-/m00/s1. The molecule has 6 N–H and O–H groups in total. The highest BCUT2D eigenvalue weighted by Crippen LogP contribution is 2.27. The number of carbonyl (C=O) groups is 12. The Kier molecular flexibility index (Phi) is 21.4. The van der Waals surface area contributed by atoms with E-state index in [1.54, 1.807) is 83.1 Å². The quantitative estimate of drug-likeness (QED) is 0.123. The minimum Gasteiger partial charge on any atom is -0.480 e. The number of aliphatic carboxylic acids is 2. The van der Waals surface area contributed by atoms with Gasteiger partial charge in [0.2, 0.25) is 0 Å². The number of ether oxygens (including phenoxy) is 5. The number of nitrogens with one attached hydrogen (secondary N) is 4. The molecule has 0 unspecified atom stereocenters. The van der Waals surface area contributed by atoms with Crippen LogP contribution in [0.5, 0.6) is 0 Å². The lowest BCUT2D eigenvalue weighted by Gasteiger charge is -2.27. The second-order valence-corrected chi connectivity index (χ2v) is 25.2. The summed E-state index contributed by atoms with van der Waals surface area (Å²) >= 11 is 0. The first-order chi connectivity index (χ1) is 39.2. The lowest BCUT2D eigenvalue weighted by molar-refractivity contribution is -0.146. The molecule has 0 aliphatic carbocycles. The number of nitrogens with zero attached hydrogens (tertiary/aromatic N) is 4. The summed E-state index contributed by atoms with van der Waals surface area (Å²) in [6, 6.07) is 5.46. The Balaban J connectivity index is 0.000000311. The van der Waals surface area contributed by atoms with Crippen LogP contribution in [0, 0.1) is 0 Å². The van der Waals surface area contributed by atoms with E-state index in [0.29, 0.717) is 0 Å². The summed E-state index contributed by atoms with van der Waals surface area (Å²) in [7, 11) is 1.23. The second kappa shape index (κ2) is 27.0. The van der Waals surface area contributed by atoms with E-state index >= 15 is 0 Å². The number of benzene rings is 2. The third kappa shape index (κ3) is 19.3. The molecule has 85 heavy (non-hydrogen) atoms. The predicted molar refractivity (Wildman–Crippen MR) is 301 cm³/mol. The molecule has 4 fully saturated rings. The molecule has 4 aliphatic heterocycles. The molecule has 466 valence electrons. The maximum absolute atomic E-state index is 13.0. The second-order valence-electron chi connectivity index (χ2n) is 25.2. The molecule has 0 bridgehead atoms. The van der Waals surface area contributed by atoms with E-state index in [-0.39, 0.29) is 79.9 Å². The Morgan fingerprint density at radius 3 is 0.812 bits per heavy atom. The van der Waals surface area contributed by atoms with Gasteiger partial charge in [-0.25, -0.2) is 33.6 Å². The van der Waals surface area contributed by atoms with Crippen LogP contribution in [0.1, 0.15) is 157 Å². The summed E-state index contributed by atoms with van der Waals surface area (Å²) in [6.07, 6.45) is -2.45. The van der Waals surface area contributed by atoms with Crippen molar-refractivity contribution in [2.45, 2.75) is 186 Å². The van der Waals surface area contributed by atoms with Crippen LogP contribution in [0.2, 0.25) is 0 Å². The molecule has 0 saturated carbocycles. The van der Waals surface area contributed by atoms with Crippen LogP contribution >= 0.6 is 0 Å². The van der Waals surface area contributed by atoms with Crippen LogP contribution in [0.25, 0.3) is 0 Å². The van der Waals surface area contributed by atoms with Gasteiger partial charge in [0.05, 0.1) is 13.2 Å². The maximum atomic E-state index is 13.0. The van der Waals surface area contributed by atoms with Crippen molar-refractivity contribution in [3.8, 4) is 0 Å². The van der Waals surface area contributed by atoms with Gasteiger partial charge in [0, 0.05) is 91.9 Å². The number of Topliss-reactive ketones (excluding diaryl/α,β-unsaturated/α-hetero) is 1. The molecule has 6 rings (SSSR count). The lowest BCUT2D eigenvalue weighted by Crippen LogP contribution is -2.44. The summed E-state index contributed by atoms with van der Waals surface area (Å²) in [5, 5.41) is 30.2. The number of likely N-dealkylation sites (tertiary alicyclic amines) is 4. The molecule has 2 aromatic rings. The van der Waals surface area contributed by atoms with E-state index < -0.39 is 137 Å². The summed E-state index contributed by atoms with van der Waals surface area (Å²) in [5.74, 6) is -5.13. The fourth-order valence-corrected chi connectivity index (χ4v) is 9.69. The minimum atomic E-state index is -1.21. The van der Waals surface area contributed by atoms with Crippen LogP contribution in [-0.4, -0.2) is 206 Å². The van der Waals surface area contributed by atoms with Gasteiger partial charge in [0.1, 0.15) is 40.5 Å². The van der Waals surface area contributed by atoms with E-state index in [4.69, 9.17) is 23.7 Å². The molecule has 0 spiro atoms. The molecule has 0 radical (unpaired) electrons. The van der Waals surface area contributed by atoms with Gasteiger partial charge in [0.15, 0.2) is 5.78 Å². The van der Waals surface area contributed by atoms with Gasteiger partial charge < -0.3 is 55.2 Å². The fraction of sp³-hybridized carbons (Fsp3) is 0.586. The highest BCUT2D eigenvalue weighted by atomic mass is 16.6. The fourth-order valence-electron chi connectivity index (χ4n) is 9.69. The normalized spacial score (nSPS) is 22.2. The van der Waals surface area contributed by atoms with E-state index in [2.05, 4.69) is 21.3 Å². The Labute approximate surface area is 493 Å². The molecule has 8 amide bonds. The number of carboxylic acids is 2. The van der Waals surface area contributed by atoms with E-state index in [9.17, 15) is 67.7 Å². The van der Waals surface area contributed by atoms with Gasteiger partial charge in [-0.15, -0.1) is 0 Å². The number of carbonyl (C=O) groups excluding carboxylic acids is 10. The first-order valence-corrected chi connectivity index (χ1v) is 27.7. The van der Waals surface area contributed by atoms with Crippen LogP contribution < -0.4 is 21.3 Å². The number of ketones is 1. The highest BCUT2D eigenvalue weighted by Gasteiger charge is 2.46. The molecule has 4 aliphatic rings. The van der Waals surface area contributed by atoms with Crippen molar-refractivity contribution >= 4 is 71.7 Å². The average Bonchev–Trinajstić information content (AvgIpc) is 2.58. The number of carboxylic acid groups (broad SMARTS) is 2. The molecule has 27 heteroatoms. The van der Waals surface area contributed by atoms with Gasteiger partial charge in [-0.05, 0) is 145 Å². The van der Waals surface area contributed by atoms with Crippen molar-refractivity contribution in [3.63, 3.8) is 0 Å². The SMILES string of the molecule is CC(C)(C)OC(=O)N1C[C@@H](NC(=O)c2ccc(C(=O)N[C@H]3C[C@@H](C(=O)O)N(C(=O)OC(C)(C)C)C3)cc2)C[C@H]1C(=O)O.COC(=O)[C@@H]1C[C@H](NC(=O)c2ccc(C(=O)N[C@H]3C[C@@H](C(C)=O)N(C(=O)OC(C)(C)C)C3)cc2)CN1C(=O)OC(C)(C)C. The van der Waals surface area contributed by atoms with E-state index in [1.165, 1.54) is 72.4 Å². The number of hydrogen-bond donors (Lipinski definition) is 6. The number of hydrogen-bond acceptors (Lipinski definition) is 17. The van der Waals surface area contributed by atoms with Crippen molar-refractivity contribution in [1.82, 2.24) is 40.9 Å². The average molecular weight is 1190 g/mol. The number of amides is 8. The van der Waals surface area contributed by atoms with E-state index in [0.717, 1.165) is 9.80 Å². The summed E-state index contributed by atoms with van der Waals surface area (Å²) in [6.45, 7) is 21.8. The zero-order chi connectivity index (χ0) is 63.8. The lowest BCUT2D eigenvalue weighted by atomic mass is 10.1. The van der Waals surface area contributed by atoms with Gasteiger partial charge in [-0.1, -0.05) is 0 Å². The monoisotopic (exact) mass is 1190 g/mol. The third-order valence-electron chi connectivity index (χ3n) is 13.4. The molecule has 8 atom stereocenters. The zero-order valence-corrected chi connectivity index (χ0v) is 50.5. The van der Waals surface area contributed by atoms with Crippen molar-refractivity contribution in [2.24, 2.45) is 0 Å². The summed E-state index contributed by atoms with van der Waals surface area (Å²) in [5.41, 5.74) is -2.16. The molecule has 0 aromatic heterocycles. The number of rotatable bonds is 12. The van der Waals surface area contributed by atoms with Crippen LogP contribution in [0.15, 0.2) is 48.5 Å². The molecular formula is C58H80N8O19. The Hall–Kier alpha value is -8.52. The third-order valence-corrected chi connectivity index (χ3v) is 13.4. The zero-order valence-electron chi connectivity index (χ0n) is 50.5. The largest absolute Gasteiger partial charge is 0.480 e. The maximum Gasteiger partial charge on any atom is 0.411 e. The van der Waals surface area contributed by atoms with E-state index in [1.807, 2.05) is 0 Å². The van der Waals surface area contributed by atoms with Crippen molar-refractivity contribution in [1.29, 1.82) is 0 Å². The molecule has 4 heterocycles.